The molecule has 25 heavy (non-hydrogen) atoms. The van der Waals surface area contributed by atoms with Gasteiger partial charge in [-0.2, -0.15) is 0 Å². The normalized spacial score (nSPS) is 33.6. The maximum absolute atomic E-state index is 6.19. The Balaban J connectivity index is 1.26. The van der Waals surface area contributed by atoms with Crippen molar-refractivity contribution in [1.82, 2.24) is 15.2 Å². The lowest BCUT2D eigenvalue weighted by Gasteiger charge is -2.54. The van der Waals surface area contributed by atoms with Crippen molar-refractivity contribution in [3.63, 3.8) is 0 Å². The van der Waals surface area contributed by atoms with E-state index in [2.05, 4.69) is 34.3 Å². The van der Waals surface area contributed by atoms with Gasteiger partial charge in [-0.05, 0) is 69.8 Å². The van der Waals surface area contributed by atoms with E-state index in [0.29, 0.717) is 18.2 Å². The molecule has 0 bridgehead atoms. The van der Waals surface area contributed by atoms with Gasteiger partial charge in [-0.3, -0.25) is 9.88 Å². The molecule has 2 aliphatic heterocycles. The monoisotopic (exact) mass is 345 g/mol. The van der Waals surface area contributed by atoms with Crippen molar-refractivity contribution in [2.24, 2.45) is 0 Å². The fourth-order valence-corrected chi connectivity index (χ4v) is 4.80. The summed E-state index contributed by atoms with van der Waals surface area (Å²) in [4.78, 5) is 6.66. The molecule has 3 atom stereocenters. The number of nitrogens with one attached hydrogen (secondary N) is 1. The first-order valence-corrected chi connectivity index (χ1v) is 9.93. The first-order chi connectivity index (χ1) is 12.3. The van der Waals surface area contributed by atoms with Gasteiger partial charge in [0.2, 0.25) is 0 Å². The molecule has 2 saturated heterocycles. The van der Waals surface area contributed by atoms with Crippen molar-refractivity contribution < 1.29 is 9.47 Å². The maximum atomic E-state index is 6.19. The largest absolute Gasteiger partial charge is 0.375 e. The number of hydrogen-bond donors (Lipinski definition) is 1. The van der Waals surface area contributed by atoms with E-state index in [-0.39, 0.29) is 5.60 Å². The minimum absolute atomic E-state index is 0.0375. The zero-order chi connectivity index (χ0) is 17.1. The molecular weight excluding hydrogens is 314 g/mol. The second kappa shape index (κ2) is 7.70. The molecule has 0 radical (unpaired) electrons. The highest BCUT2D eigenvalue weighted by Crippen LogP contribution is 2.46. The van der Waals surface area contributed by atoms with Crippen LogP contribution >= 0.6 is 0 Å². The number of hydrogen-bond acceptors (Lipinski definition) is 5. The number of rotatable bonds is 6. The van der Waals surface area contributed by atoms with Gasteiger partial charge in [0.05, 0.1) is 6.10 Å². The van der Waals surface area contributed by atoms with Gasteiger partial charge in [-0.15, -0.1) is 0 Å². The lowest BCUT2D eigenvalue weighted by atomic mass is 9.69. The molecule has 3 aliphatic rings. The third-order valence-corrected chi connectivity index (χ3v) is 6.22. The Hall–Kier alpha value is -1.01. The highest BCUT2D eigenvalue weighted by molar-refractivity contribution is 5.13. The van der Waals surface area contributed by atoms with Gasteiger partial charge >= 0.3 is 0 Å². The number of likely N-dealkylation sites (tertiary alicyclic amines) is 1. The standard InChI is InChI=1S/C20H31N3O2/c1-2-24-19-14-18(20(19)8-3-13-25-20)22-17-6-11-23(12-7-17)15-16-4-9-21-10-5-16/h4-5,9-10,17-19,22H,2-3,6-8,11-15H2,1H3. The Bertz CT molecular complexity index is 539. The Kier molecular flexibility index (Phi) is 5.36. The van der Waals surface area contributed by atoms with E-state index in [4.69, 9.17) is 9.47 Å². The summed E-state index contributed by atoms with van der Waals surface area (Å²) >= 11 is 0. The fraction of sp³-hybridized carbons (Fsp3) is 0.750. The van der Waals surface area contributed by atoms with Crippen molar-refractivity contribution in [2.45, 2.75) is 69.4 Å². The molecule has 1 N–H and O–H groups in total. The van der Waals surface area contributed by atoms with Crippen LogP contribution in [-0.2, 0) is 16.0 Å². The summed E-state index contributed by atoms with van der Waals surface area (Å²) < 4.78 is 12.1. The van der Waals surface area contributed by atoms with Crippen LogP contribution in [0.5, 0.6) is 0 Å². The van der Waals surface area contributed by atoms with E-state index in [0.717, 1.165) is 45.7 Å². The maximum Gasteiger partial charge on any atom is 0.110 e. The molecule has 0 amide bonds. The summed E-state index contributed by atoms with van der Waals surface area (Å²) in [6, 6.07) is 5.33. The van der Waals surface area contributed by atoms with Crippen molar-refractivity contribution in [3.8, 4) is 0 Å². The quantitative estimate of drug-likeness (QED) is 0.858. The molecule has 1 saturated carbocycles. The van der Waals surface area contributed by atoms with Crippen LogP contribution in [0.2, 0.25) is 0 Å². The average molecular weight is 345 g/mol. The molecule has 1 aromatic heterocycles. The zero-order valence-electron chi connectivity index (χ0n) is 15.3. The second-order valence-corrected chi connectivity index (χ2v) is 7.71. The van der Waals surface area contributed by atoms with Crippen molar-refractivity contribution in [2.75, 3.05) is 26.3 Å². The predicted molar refractivity (Wildman–Crippen MR) is 97.4 cm³/mol. The first-order valence-electron chi connectivity index (χ1n) is 9.93. The summed E-state index contributed by atoms with van der Waals surface area (Å²) in [6.07, 6.45) is 9.93. The third kappa shape index (κ3) is 3.61. The minimum Gasteiger partial charge on any atom is -0.375 e. The van der Waals surface area contributed by atoms with E-state index in [1.54, 1.807) is 0 Å². The lowest BCUT2D eigenvalue weighted by molar-refractivity contribution is -0.199. The Morgan fingerprint density at radius 2 is 2.12 bits per heavy atom. The van der Waals surface area contributed by atoms with Crippen LogP contribution < -0.4 is 5.32 Å². The topological polar surface area (TPSA) is 46.6 Å². The Labute approximate surface area is 151 Å². The summed E-state index contributed by atoms with van der Waals surface area (Å²) in [7, 11) is 0. The minimum atomic E-state index is -0.0375. The fourth-order valence-electron chi connectivity index (χ4n) is 4.80. The molecule has 1 spiro atoms. The van der Waals surface area contributed by atoms with E-state index in [9.17, 15) is 0 Å². The summed E-state index contributed by atoms with van der Waals surface area (Å²) in [5.41, 5.74) is 1.32. The molecular formula is C20H31N3O2. The Morgan fingerprint density at radius 3 is 2.80 bits per heavy atom. The van der Waals surface area contributed by atoms with E-state index in [1.807, 2.05) is 12.4 Å². The molecule has 3 fully saturated rings. The number of nitrogens with zero attached hydrogens (tertiary/aromatic N) is 2. The molecule has 5 heteroatoms. The molecule has 3 unspecified atom stereocenters. The molecule has 1 aromatic rings. The van der Waals surface area contributed by atoms with E-state index >= 15 is 0 Å². The van der Waals surface area contributed by atoms with Crippen LogP contribution in [-0.4, -0.2) is 60.0 Å². The van der Waals surface area contributed by atoms with Crippen LogP contribution in [0.4, 0.5) is 0 Å². The van der Waals surface area contributed by atoms with Crippen molar-refractivity contribution in [3.05, 3.63) is 30.1 Å². The van der Waals surface area contributed by atoms with Crippen LogP contribution in [0, 0.1) is 0 Å². The number of pyridine rings is 1. The number of ether oxygens (including phenoxy) is 2. The van der Waals surface area contributed by atoms with Crippen molar-refractivity contribution in [1.29, 1.82) is 0 Å². The van der Waals surface area contributed by atoms with Gasteiger partial charge in [0.25, 0.3) is 0 Å². The lowest BCUT2D eigenvalue weighted by Crippen LogP contribution is -2.70. The smallest absolute Gasteiger partial charge is 0.110 e. The SMILES string of the molecule is CCOC1CC(NC2CCN(Cc3ccncc3)CC2)C12CCCO2. The van der Waals surface area contributed by atoms with Gasteiger partial charge in [0, 0.05) is 44.2 Å². The number of piperidine rings is 1. The molecule has 5 nitrogen and oxygen atoms in total. The molecule has 1 aliphatic carbocycles. The van der Waals surface area contributed by atoms with Gasteiger partial charge in [0.1, 0.15) is 5.60 Å². The predicted octanol–water partition coefficient (Wildman–Crippen LogP) is 2.36. The summed E-state index contributed by atoms with van der Waals surface area (Å²) in [5, 5.41) is 3.92. The van der Waals surface area contributed by atoms with Gasteiger partial charge in [0.15, 0.2) is 0 Å². The molecule has 3 heterocycles. The van der Waals surface area contributed by atoms with Crippen molar-refractivity contribution >= 4 is 0 Å². The first kappa shape index (κ1) is 17.4. The highest BCUT2D eigenvalue weighted by Gasteiger charge is 2.58. The van der Waals surface area contributed by atoms with Gasteiger partial charge < -0.3 is 14.8 Å². The van der Waals surface area contributed by atoms with Gasteiger partial charge in [-0.25, -0.2) is 0 Å². The van der Waals surface area contributed by atoms with E-state index in [1.165, 1.54) is 24.8 Å². The Morgan fingerprint density at radius 1 is 1.32 bits per heavy atom. The second-order valence-electron chi connectivity index (χ2n) is 7.71. The zero-order valence-corrected chi connectivity index (χ0v) is 15.3. The molecule has 0 aromatic carbocycles. The third-order valence-electron chi connectivity index (χ3n) is 6.22. The number of aromatic nitrogens is 1. The molecule has 4 rings (SSSR count). The summed E-state index contributed by atoms with van der Waals surface area (Å²) in [6.45, 7) is 7.13. The highest BCUT2D eigenvalue weighted by atomic mass is 16.6. The average Bonchev–Trinajstić information content (AvgIpc) is 3.16. The molecule has 138 valence electrons. The van der Waals surface area contributed by atoms with Crippen LogP contribution in [0.1, 0.15) is 44.6 Å². The van der Waals surface area contributed by atoms with Crippen LogP contribution in [0.3, 0.4) is 0 Å². The summed E-state index contributed by atoms with van der Waals surface area (Å²) in [5.74, 6) is 0. The van der Waals surface area contributed by atoms with E-state index < -0.39 is 0 Å². The van der Waals surface area contributed by atoms with Crippen LogP contribution in [0.25, 0.3) is 0 Å². The van der Waals surface area contributed by atoms with Gasteiger partial charge in [-0.1, -0.05) is 0 Å². The van der Waals surface area contributed by atoms with Crippen LogP contribution in [0.15, 0.2) is 24.5 Å².